The molecule has 0 aliphatic carbocycles. The molecule has 1 N–H and O–H groups in total. The minimum Gasteiger partial charge on any atom is -0.478 e. The summed E-state index contributed by atoms with van der Waals surface area (Å²) in [4.78, 5) is 22.7. The highest BCUT2D eigenvalue weighted by Crippen LogP contribution is 2.19. The lowest BCUT2D eigenvalue weighted by Crippen LogP contribution is -2.03. The fourth-order valence-electron chi connectivity index (χ4n) is 1.23. The predicted octanol–water partition coefficient (Wildman–Crippen LogP) is 1.83. The van der Waals surface area contributed by atoms with Gasteiger partial charge in [0.1, 0.15) is 0 Å². The molecule has 0 aromatic heterocycles. The molecule has 0 heterocycles. The summed E-state index contributed by atoms with van der Waals surface area (Å²) in [6.07, 6.45) is 3.15. The summed E-state index contributed by atoms with van der Waals surface area (Å²) < 4.78 is 0. The van der Waals surface area contributed by atoms with Gasteiger partial charge in [-0.3, -0.25) is 10.1 Å². The molecular weight excluding hydrogens is 224 g/mol. The highest BCUT2D eigenvalue weighted by molar-refractivity contribution is 5.92. The van der Waals surface area contributed by atoms with Gasteiger partial charge >= 0.3 is 5.97 Å². The van der Waals surface area contributed by atoms with E-state index in [9.17, 15) is 14.9 Å². The smallest absolute Gasteiger partial charge is 0.336 e. The fraction of sp³-hybridized carbons (Fsp3) is 0.182. The van der Waals surface area contributed by atoms with Gasteiger partial charge in [0.05, 0.1) is 10.5 Å². The quantitative estimate of drug-likeness (QED) is 0.636. The Bertz CT molecular complexity index is 480. The van der Waals surface area contributed by atoms with E-state index in [2.05, 4.69) is 0 Å². The van der Waals surface area contributed by atoms with Gasteiger partial charge in [-0.1, -0.05) is 0 Å². The Hall–Kier alpha value is -2.37. The van der Waals surface area contributed by atoms with Crippen LogP contribution in [0.25, 0.3) is 6.08 Å². The summed E-state index contributed by atoms with van der Waals surface area (Å²) in [5.41, 5.74) is 0.211. The Morgan fingerprint density at radius 2 is 2.12 bits per heavy atom. The van der Waals surface area contributed by atoms with E-state index in [1.54, 1.807) is 25.2 Å². The third-order valence-corrected chi connectivity index (χ3v) is 2.03. The molecule has 17 heavy (non-hydrogen) atoms. The third-order valence-electron chi connectivity index (χ3n) is 2.03. The van der Waals surface area contributed by atoms with Gasteiger partial charge in [0.2, 0.25) is 0 Å². The van der Waals surface area contributed by atoms with Crippen molar-refractivity contribution in [3.05, 3.63) is 45.6 Å². The summed E-state index contributed by atoms with van der Waals surface area (Å²) in [6, 6.07) is 3.65. The largest absolute Gasteiger partial charge is 0.478 e. The highest BCUT2D eigenvalue weighted by atomic mass is 16.6. The van der Waals surface area contributed by atoms with Gasteiger partial charge in [-0.2, -0.15) is 0 Å². The number of non-ortho nitro benzene ring substituents is 1. The van der Waals surface area contributed by atoms with Crippen LogP contribution in [0.15, 0.2) is 24.4 Å². The van der Waals surface area contributed by atoms with E-state index in [0.717, 1.165) is 0 Å². The maximum atomic E-state index is 10.9. The van der Waals surface area contributed by atoms with Crippen LogP contribution in [0.3, 0.4) is 0 Å². The van der Waals surface area contributed by atoms with Crippen LogP contribution in [0.1, 0.15) is 15.9 Å². The first-order valence-electron chi connectivity index (χ1n) is 4.78. The molecule has 6 nitrogen and oxygen atoms in total. The number of nitro groups is 1. The Kier molecular flexibility index (Phi) is 3.82. The van der Waals surface area contributed by atoms with E-state index < -0.39 is 10.9 Å². The molecule has 0 amide bonds. The van der Waals surface area contributed by atoms with E-state index >= 15 is 0 Å². The van der Waals surface area contributed by atoms with Gasteiger partial charge in [0.15, 0.2) is 0 Å². The van der Waals surface area contributed by atoms with Crippen LogP contribution in [0, 0.1) is 10.1 Å². The van der Waals surface area contributed by atoms with Crippen LogP contribution in [-0.2, 0) is 0 Å². The number of hydrogen-bond donors (Lipinski definition) is 1. The molecule has 1 aromatic carbocycles. The normalized spacial score (nSPS) is 10.5. The Balaban J connectivity index is 3.25. The maximum Gasteiger partial charge on any atom is 0.336 e. The van der Waals surface area contributed by atoms with Crippen LogP contribution in [0.2, 0.25) is 0 Å². The van der Waals surface area contributed by atoms with Crippen LogP contribution >= 0.6 is 0 Å². The zero-order valence-electron chi connectivity index (χ0n) is 9.45. The monoisotopic (exact) mass is 236 g/mol. The molecule has 90 valence electrons. The molecule has 0 aliphatic heterocycles. The lowest BCUT2D eigenvalue weighted by atomic mass is 10.1. The number of carbonyl (C=O) groups is 1. The number of benzene rings is 1. The number of hydrogen-bond acceptors (Lipinski definition) is 4. The van der Waals surface area contributed by atoms with Crippen molar-refractivity contribution in [2.75, 3.05) is 14.1 Å². The standard InChI is InChI=1S/C11H12N2O4/c1-12(2)6-5-8-7-9(13(16)17)3-4-10(8)11(14)15/h3-7H,1-2H3,(H,14,15). The van der Waals surface area contributed by atoms with Crippen molar-refractivity contribution in [1.82, 2.24) is 4.90 Å². The van der Waals surface area contributed by atoms with Gasteiger partial charge in [0.25, 0.3) is 5.69 Å². The Morgan fingerprint density at radius 1 is 1.47 bits per heavy atom. The molecule has 0 fully saturated rings. The van der Waals surface area contributed by atoms with E-state index in [1.807, 2.05) is 0 Å². The second-order valence-electron chi connectivity index (χ2n) is 3.61. The second-order valence-corrected chi connectivity index (χ2v) is 3.61. The van der Waals surface area contributed by atoms with E-state index in [1.165, 1.54) is 24.3 Å². The average Bonchev–Trinajstić information content (AvgIpc) is 2.25. The van der Waals surface area contributed by atoms with Gasteiger partial charge < -0.3 is 10.0 Å². The summed E-state index contributed by atoms with van der Waals surface area (Å²) in [7, 11) is 3.54. The van der Waals surface area contributed by atoms with Crippen molar-refractivity contribution in [2.45, 2.75) is 0 Å². The third kappa shape index (κ3) is 3.30. The van der Waals surface area contributed by atoms with Crippen LogP contribution in [0.5, 0.6) is 0 Å². The first kappa shape index (κ1) is 12.7. The zero-order chi connectivity index (χ0) is 13.0. The van der Waals surface area contributed by atoms with Crippen molar-refractivity contribution >= 4 is 17.7 Å². The summed E-state index contributed by atoms with van der Waals surface area (Å²) in [6.45, 7) is 0. The molecule has 0 saturated carbocycles. The number of nitro benzene ring substituents is 1. The Labute approximate surface area is 97.9 Å². The van der Waals surface area contributed by atoms with Crippen molar-refractivity contribution in [2.24, 2.45) is 0 Å². The number of carboxylic acids is 1. The minimum atomic E-state index is -1.11. The summed E-state index contributed by atoms with van der Waals surface area (Å²) >= 11 is 0. The van der Waals surface area contributed by atoms with Crippen molar-refractivity contribution in [3.63, 3.8) is 0 Å². The van der Waals surface area contributed by atoms with E-state index in [4.69, 9.17) is 5.11 Å². The molecule has 0 aliphatic rings. The molecule has 0 saturated heterocycles. The van der Waals surface area contributed by atoms with Crippen LogP contribution in [0.4, 0.5) is 5.69 Å². The molecular formula is C11H12N2O4. The minimum absolute atomic E-state index is 0.0358. The SMILES string of the molecule is CN(C)C=Cc1cc([N+](=O)[O-])ccc1C(=O)O. The molecule has 1 aromatic rings. The number of nitrogens with zero attached hydrogens (tertiary/aromatic N) is 2. The fourth-order valence-corrected chi connectivity index (χ4v) is 1.23. The first-order chi connectivity index (χ1) is 7.91. The summed E-state index contributed by atoms with van der Waals surface area (Å²) in [5, 5.41) is 19.5. The summed E-state index contributed by atoms with van der Waals surface area (Å²) in [5.74, 6) is -1.11. The van der Waals surface area contributed by atoms with E-state index in [0.29, 0.717) is 5.56 Å². The lowest BCUT2D eigenvalue weighted by molar-refractivity contribution is -0.384. The molecule has 0 spiro atoms. The van der Waals surface area contributed by atoms with Gasteiger partial charge in [-0.15, -0.1) is 0 Å². The highest BCUT2D eigenvalue weighted by Gasteiger charge is 2.13. The van der Waals surface area contributed by atoms with Gasteiger partial charge in [0, 0.05) is 26.2 Å². The first-order valence-corrected chi connectivity index (χ1v) is 4.78. The zero-order valence-corrected chi connectivity index (χ0v) is 9.45. The number of aromatic carboxylic acids is 1. The molecule has 0 atom stereocenters. The van der Waals surface area contributed by atoms with Crippen molar-refractivity contribution in [1.29, 1.82) is 0 Å². The molecule has 1 rings (SSSR count). The molecule has 0 bridgehead atoms. The van der Waals surface area contributed by atoms with Gasteiger partial charge in [-0.05, 0) is 23.9 Å². The van der Waals surface area contributed by atoms with Crippen molar-refractivity contribution in [3.8, 4) is 0 Å². The van der Waals surface area contributed by atoms with E-state index in [-0.39, 0.29) is 11.3 Å². The lowest BCUT2D eigenvalue weighted by Gasteiger charge is -2.05. The molecule has 0 unspecified atom stereocenters. The maximum absolute atomic E-state index is 10.9. The van der Waals surface area contributed by atoms with Gasteiger partial charge in [-0.25, -0.2) is 4.79 Å². The number of rotatable bonds is 4. The molecule has 6 heteroatoms. The predicted molar refractivity (Wildman–Crippen MR) is 62.8 cm³/mol. The van der Waals surface area contributed by atoms with Crippen LogP contribution in [-0.4, -0.2) is 35.0 Å². The Morgan fingerprint density at radius 3 is 2.59 bits per heavy atom. The van der Waals surface area contributed by atoms with Crippen molar-refractivity contribution < 1.29 is 14.8 Å². The van der Waals surface area contributed by atoms with Crippen LogP contribution < -0.4 is 0 Å². The number of carboxylic acid groups (broad SMARTS) is 1. The average molecular weight is 236 g/mol. The topological polar surface area (TPSA) is 83.7 Å². The molecule has 0 radical (unpaired) electrons. The second kappa shape index (κ2) is 5.11.